The summed E-state index contributed by atoms with van der Waals surface area (Å²) in [5.74, 6) is 0.191. The largest absolute Gasteiger partial charge is 0.368 e. The first kappa shape index (κ1) is 13.9. The quantitative estimate of drug-likeness (QED) is 0.754. The van der Waals surface area contributed by atoms with Gasteiger partial charge in [0, 0.05) is 6.42 Å². The van der Waals surface area contributed by atoms with Crippen molar-refractivity contribution in [3.8, 4) is 0 Å². The van der Waals surface area contributed by atoms with Crippen LogP contribution in [0.15, 0.2) is 30.3 Å². The third-order valence-electron chi connectivity index (χ3n) is 2.43. The van der Waals surface area contributed by atoms with E-state index >= 15 is 0 Å². The molecular weight excluding hydrogens is 212 g/mol. The molecule has 0 heterocycles. The first-order valence-corrected chi connectivity index (χ1v) is 6.17. The molecule has 1 aromatic carbocycles. The molecule has 0 spiro atoms. The second kappa shape index (κ2) is 6.55. The van der Waals surface area contributed by atoms with Gasteiger partial charge in [0.15, 0.2) is 5.78 Å². The predicted octanol–water partition coefficient (Wildman–Crippen LogP) is 3.39. The molecule has 1 rings (SSSR count). The lowest BCUT2D eigenvalue weighted by molar-refractivity contribution is -0.128. The summed E-state index contributed by atoms with van der Waals surface area (Å²) in [7, 11) is 0. The Bertz CT molecular complexity index is 336. The molecule has 0 aliphatic carbocycles. The van der Waals surface area contributed by atoms with E-state index in [1.54, 1.807) is 0 Å². The van der Waals surface area contributed by atoms with E-state index in [-0.39, 0.29) is 18.0 Å². The van der Waals surface area contributed by atoms with Gasteiger partial charge in [-0.05, 0) is 39.2 Å². The predicted molar refractivity (Wildman–Crippen MR) is 70.1 cm³/mol. The number of carbonyl (C=O) groups is 1. The fourth-order valence-corrected chi connectivity index (χ4v) is 1.50. The van der Waals surface area contributed by atoms with E-state index in [0.717, 1.165) is 12.8 Å². The third kappa shape index (κ3) is 6.90. The molecule has 0 saturated heterocycles. The molecule has 0 aliphatic rings. The highest BCUT2D eigenvalue weighted by atomic mass is 16.5. The molecular formula is C15H22O2. The second-order valence-corrected chi connectivity index (χ2v) is 5.28. The zero-order valence-electron chi connectivity index (χ0n) is 11.0. The average Bonchev–Trinajstić information content (AvgIpc) is 2.27. The highest BCUT2D eigenvalue weighted by Crippen LogP contribution is 2.08. The van der Waals surface area contributed by atoms with E-state index in [1.165, 1.54) is 5.56 Å². The van der Waals surface area contributed by atoms with Crippen molar-refractivity contribution in [3.05, 3.63) is 35.9 Å². The number of hydrogen-bond donors (Lipinski definition) is 0. The lowest BCUT2D eigenvalue weighted by atomic mass is 10.1. The first-order chi connectivity index (χ1) is 7.97. The molecule has 0 fully saturated rings. The van der Waals surface area contributed by atoms with Crippen molar-refractivity contribution in [2.45, 2.75) is 45.6 Å². The van der Waals surface area contributed by atoms with Gasteiger partial charge < -0.3 is 4.74 Å². The van der Waals surface area contributed by atoms with Crippen molar-refractivity contribution in [2.75, 3.05) is 6.61 Å². The van der Waals surface area contributed by atoms with Gasteiger partial charge in [-0.2, -0.15) is 0 Å². The van der Waals surface area contributed by atoms with Crippen LogP contribution in [0.25, 0.3) is 0 Å². The number of carbonyl (C=O) groups excluding carboxylic acids is 1. The Morgan fingerprint density at radius 1 is 1.18 bits per heavy atom. The standard InChI is InChI=1S/C15H22O2/c1-15(2,3)17-12-14(16)11-7-10-13-8-5-4-6-9-13/h4-6,8-9H,7,10-12H2,1-3H3. The number of ketones is 1. The first-order valence-electron chi connectivity index (χ1n) is 6.17. The number of ether oxygens (including phenoxy) is 1. The van der Waals surface area contributed by atoms with Crippen LogP contribution in [0.2, 0.25) is 0 Å². The van der Waals surface area contributed by atoms with Crippen molar-refractivity contribution < 1.29 is 9.53 Å². The van der Waals surface area contributed by atoms with E-state index in [9.17, 15) is 4.79 Å². The number of aryl methyl sites for hydroxylation is 1. The van der Waals surface area contributed by atoms with Crippen molar-refractivity contribution in [3.63, 3.8) is 0 Å². The number of rotatable bonds is 6. The van der Waals surface area contributed by atoms with Crippen molar-refractivity contribution in [1.29, 1.82) is 0 Å². The Hall–Kier alpha value is -1.15. The summed E-state index contributed by atoms with van der Waals surface area (Å²) in [6, 6.07) is 10.2. The monoisotopic (exact) mass is 234 g/mol. The molecule has 17 heavy (non-hydrogen) atoms. The molecule has 0 amide bonds. The Morgan fingerprint density at radius 2 is 1.82 bits per heavy atom. The normalized spacial score (nSPS) is 11.5. The Labute approximate surface area is 104 Å². The molecule has 0 aromatic heterocycles. The molecule has 0 saturated carbocycles. The topological polar surface area (TPSA) is 26.3 Å². The summed E-state index contributed by atoms with van der Waals surface area (Å²) >= 11 is 0. The third-order valence-corrected chi connectivity index (χ3v) is 2.43. The van der Waals surface area contributed by atoms with Crippen LogP contribution in [0.3, 0.4) is 0 Å². The summed E-state index contributed by atoms with van der Waals surface area (Å²) in [5, 5.41) is 0. The van der Waals surface area contributed by atoms with Crippen molar-refractivity contribution in [1.82, 2.24) is 0 Å². The fourth-order valence-electron chi connectivity index (χ4n) is 1.50. The minimum Gasteiger partial charge on any atom is -0.368 e. The molecule has 1 aromatic rings. The van der Waals surface area contributed by atoms with Gasteiger partial charge in [-0.25, -0.2) is 0 Å². The van der Waals surface area contributed by atoms with E-state index in [1.807, 2.05) is 39.0 Å². The maximum absolute atomic E-state index is 11.6. The molecule has 0 radical (unpaired) electrons. The van der Waals surface area contributed by atoms with Gasteiger partial charge >= 0.3 is 0 Å². The van der Waals surface area contributed by atoms with Crippen molar-refractivity contribution in [2.24, 2.45) is 0 Å². The van der Waals surface area contributed by atoms with Crippen LogP contribution < -0.4 is 0 Å². The lowest BCUT2D eigenvalue weighted by Gasteiger charge is -2.18. The number of Topliss-reactive ketones (excluding diaryl/α,β-unsaturated/α-hetero) is 1. The fraction of sp³-hybridized carbons (Fsp3) is 0.533. The molecule has 2 heteroatoms. The van der Waals surface area contributed by atoms with Crippen LogP contribution in [0.4, 0.5) is 0 Å². The van der Waals surface area contributed by atoms with Crippen LogP contribution in [0, 0.1) is 0 Å². The molecule has 0 aliphatic heterocycles. The minimum absolute atomic E-state index is 0.191. The summed E-state index contributed by atoms with van der Waals surface area (Å²) in [6.45, 7) is 6.12. The molecule has 0 bridgehead atoms. The molecule has 0 unspecified atom stereocenters. The van der Waals surface area contributed by atoms with Gasteiger partial charge in [-0.15, -0.1) is 0 Å². The van der Waals surface area contributed by atoms with Crippen molar-refractivity contribution >= 4 is 5.78 Å². The van der Waals surface area contributed by atoms with Crippen LogP contribution in [0.1, 0.15) is 39.2 Å². The maximum Gasteiger partial charge on any atom is 0.158 e. The highest BCUT2D eigenvalue weighted by molar-refractivity contribution is 5.79. The Kier molecular flexibility index (Phi) is 5.36. The summed E-state index contributed by atoms with van der Waals surface area (Å²) in [5.41, 5.74) is 1.06. The zero-order valence-corrected chi connectivity index (χ0v) is 11.0. The summed E-state index contributed by atoms with van der Waals surface area (Å²) < 4.78 is 5.44. The van der Waals surface area contributed by atoms with Crippen LogP contribution in [-0.4, -0.2) is 18.0 Å². The van der Waals surface area contributed by atoms with Crippen LogP contribution in [-0.2, 0) is 16.0 Å². The van der Waals surface area contributed by atoms with Gasteiger partial charge in [0.1, 0.15) is 6.61 Å². The van der Waals surface area contributed by atoms with Crippen LogP contribution >= 0.6 is 0 Å². The summed E-state index contributed by atoms with van der Waals surface area (Å²) in [6.07, 6.45) is 2.46. The van der Waals surface area contributed by atoms with Gasteiger partial charge in [0.05, 0.1) is 5.60 Å². The molecule has 0 atom stereocenters. The highest BCUT2D eigenvalue weighted by Gasteiger charge is 2.12. The summed E-state index contributed by atoms with van der Waals surface area (Å²) in [4.78, 5) is 11.6. The van der Waals surface area contributed by atoms with Gasteiger partial charge in [0.2, 0.25) is 0 Å². The minimum atomic E-state index is -0.227. The SMILES string of the molecule is CC(C)(C)OCC(=O)CCCc1ccccc1. The number of benzene rings is 1. The smallest absolute Gasteiger partial charge is 0.158 e. The second-order valence-electron chi connectivity index (χ2n) is 5.28. The van der Waals surface area contributed by atoms with Gasteiger partial charge in [-0.3, -0.25) is 4.79 Å². The van der Waals surface area contributed by atoms with E-state index < -0.39 is 0 Å². The molecule has 2 nitrogen and oxygen atoms in total. The Morgan fingerprint density at radius 3 is 2.41 bits per heavy atom. The lowest BCUT2D eigenvalue weighted by Crippen LogP contribution is -2.23. The van der Waals surface area contributed by atoms with Crippen LogP contribution in [0.5, 0.6) is 0 Å². The van der Waals surface area contributed by atoms with E-state index in [0.29, 0.717) is 6.42 Å². The Balaban J connectivity index is 2.17. The van der Waals surface area contributed by atoms with E-state index in [2.05, 4.69) is 12.1 Å². The van der Waals surface area contributed by atoms with Gasteiger partial charge in [0.25, 0.3) is 0 Å². The molecule has 0 N–H and O–H groups in total. The number of hydrogen-bond acceptors (Lipinski definition) is 2. The molecule has 94 valence electrons. The average molecular weight is 234 g/mol. The maximum atomic E-state index is 11.6. The van der Waals surface area contributed by atoms with Gasteiger partial charge in [-0.1, -0.05) is 30.3 Å². The van der Waals surface area contributed by atoms with E-state index in [4.69, 9.17) is 4.74 Å². The zero-order chi connectivity index (χ0) is 12.7.